The highest BCUT2D eigenvalue weighted by Gasteiger charge is 2.40. The van der Waals surface area contributed by atoms with Crippen LogP contribution in [0.5, 0.6) is 5.75 Å². The normalized spacial score (nSPS) is 25.1. The number of halogens is 1. The molecule has 2 heteroatoms. The van der Waals surface area contributed by atoms with Crippen molar-refractivity contribution in [3.8, 4) is 5.75 Å². The molecule has 0 aromatic heterocycles. The molecule has 2 saturated carbocycles. The van der Waals surface area contributed by atoms with Gasteiger partial charge in [-0.15, -0.1) is 0 Å². The molecule has 2 aliphatic carbocycles. The summed E-state index contributed by atoms with van der Waals surface area (Å²) in [6.07, 6.45) is 18.9. The molecule has 0 unspecified atom stereocenters. The number of unbranched alkanes of at least 4 members (excludes halogenated alkanes) is 2. The van der Waals surface area contributed by atoms with Gasteiger partial charge in [0.1, 0.15) is 5.75 Å². The predicted octanol–water partition coefficient (Wildman–Crippen LogP) is 8.35. The molecule has 28 heavy (non-hydrogen) atoms. The van der Waals surface area contributed by atoms with E-state index in [-0.39, 0.29) is 0 Å². The van der Waals surface area contributed by atoms with Crippen molar-refractivity contribution in [1.82, 2.24) is 0 Å². The summed E-state index contributed by atoms with van der Waals surface area (Å²) in [6, 6.07) is 8.87. The van der Waals surface area contributed by atoms with Gasteiger partial charge in [-0.25, -0.2) is 4.39 Å². The van der Waals surface area contributed by atoms with Gasteiger partial charge >= 0.3 is 0 Å². The zero-order valence-electron chi connectivity index (χ0n) is 17.8. The van der Waals surface area contributed by atoms with Crippen LogP contribution in [0.1, 0.15) is 102 Å². The molecule has 1 aromatic carbocycles. The van der Waals surface area contributed by atoms with Gasteiger partial charge in [0.05, 0.1) is 12.9 Å². The third-order valence-corrected chi connectivity index (χ3v) is 7.42. The van der Waals surface area contributed by atoms with E-state index in [2.05, 4.69) is 31.2 Å². The van der Waals surface area contributed by atoms with Crippen LogP contribution in [0.15, 0.2) is 36.7 Å². The number of rotatable bonds is 9. The Kier molecular flexibility index (Phi) is 8.43. The minimum atomic E-state index is 0.377. The van der Waals surface area contributed by atoms with Crippen LogP contribution in [-0.4, -0.2) is 6.61 Å². The summed E-state index contributed by atoms with van der Waals surface area (Å²) in [4.78, 5) is 0. The Morgan fingerprint density at radius 2 is 1.71 bits per heavy atom. The van der Waals surface area contributed by atoms with Crippen LogP contribution in [0.3, 0.4) is 0 Å². The zero-order chi connectivity index (χ0) is 19.7. The molecule has 0 spiro atoms. The Morgan fingerprint density at radius 1 is 1.00 bits per heavy atom. The van der Waals surface area contributed by atoms with Gasteiger partial charge in [-0.2, -0.15) is 0 Å². The van der Waals surface area contributed by atoms with E-state index in [1.54, 1.807) is 6.08 Å². The first-order valence-electron chi connectivity index (χ1n) is 11.8. The number of ether oxygens (including phenoxy) is 1. The van der Waals surface area contributed by atoms with Crippen LogP contribution in [-0.2, 0) is 0 Å². The quantitative estimate of drug-likeness (QED) is 0.387. The van der Waals surface area contributed by atoms with Crippen LogP contribution in [0.25, 0.3) is 0 Å². The second-order valence-corrected chi connectivity index (χ2v) is 9.16. The Labute approximate surface area is 171 Å². The summed E-state index contributed by atoms with van der Waals surface area (Å²) < 4.78 is 18.6. The lowest BCUT2D eigenvalue weighted by Gasteiger charge is -2.46. The highest BCUT2D eigenvalue weighted by Crippen LogP contribution is 2.52. The highest BCUT2D eigenvalue weighted by atomic mass is 19.1. The maximum Gasteiger partial charge on any atom is 0.119 e. The van der Waals surface area contributed by atoms with Crippen molar-refractivity contribution in [2.75, 3.05) is 6.61 Å². The minimum Gasteiger partial charge on any atom is -0.494 e. The largest absolute Gasteiger partial charge is 0.494 e. The lowest BCUT2D eigenvalue weighted by molar-refractivity contribution is 0.0654. The van der Waals surface area contributed by atoms with Gasteiger partial charge in [0.15, 0.2) is 0 Å². The van der Waals surface area contributed by atoms with Crippen LogP contribution < -0.4 is 4.74 Å². The number of allylic oxidation sites excluding steroid dienone is 1. The van der Waals surface area contributed by atoms with Gasteiger partial charge in [-0.1, -0.05) is 57.2 Å². The first-order valence-corrected chi connectivity index (χ1v) is 11.8. The van der Waals surface area contributed by atoms with E-state index in [9.17, 15) is 4.39 Å². The second kappa shape index (κ2) is 11.0. The summed E-state index contributed by atoms with van der Waals surface area (Å²) in [5.41, 5.74) is 1.85. The minimum absolute atomic E-state index is 0.377. The van der Waals surface area contributed by atoms with Crippen molar-refractivity contribution < 1.29 is 9.13 Å². The molecule has 0 bridgehead atoms. The van der Waals surface area contributed by atoms with E-state index < -0.39 is 0 Å². The topological polar surface area (TPSA) is 9.23 Å². The Morgan fingerprint density at radius 3 is 2.36 bits per heavy atom. The standard InChI is InChI=1S/C26H39FO/c1-2-3-7-21-28-25-15-11-23(12-16-25)22-9-13-24(14-10-22)26(19-8-20-27)17-5-4-6-18-26/h8,11-12,15-16,20,22,24H,2-7,9-10,13-14,17-19,21H2,1H3. The maximum absolute atomic E-state index is 12.7. The molecule has 0 saturated heterocycles. The molecule has 0 amide bonds. The van der Waals surface area contributed by atoms with E-state index in [1.165, 1.54) is 76.2 Å². The van der Waals surface area contributed by atoms with Crippen molar-refractivity contribution in [1.29, 1.82) is 0 Å². The van der Waals surface area contributed by atoms with Crippen molar-refractivity contribution in [3.05, 3.63) is 42.2 Å². The Bertz CT molecular complexity index is 577. The molecule has 1 nitrogen and oxygen atoms in total. The predicted molar refractivity (Wildman–Crippen MR) is 117 cm³/mol. The molecule has 2 aliphatic rings. The highest BCUT2D eigenvalue weighted by molar-refractivity contribution is 5.29. The van der Waals surface area contributed by atoms with Crippen LogP contribution in [0, 0.1) is 11.3 Å². The van der Waals surface area contributed by atoms with E-state index in [1.807, 2.05) is 0 Å². The van der Waals surface area contributed by atoms with Gasteiger partial charge in [0.2, 0.25) is 0 Å². The fourth-order valence-electron chi connectivity index (χ4n) is 5.73. The fourth-order valence-corrected chi connectivity index (χ4v) is 5.73. The molecule has 156 valence electrons. The molecule has 0 heterocycles. The summed E-state index contributed by atoms with van der Waals surface area (Å²) in [6.45, 7) is 3.05. The zero-order valence-corrected chi connectivity index (χ0v) is 17.8. The monoisotopic (exact) mass is 386 g/mol. The van der Waals surface area contributed by atoms with Gasteiger partial charge in [0.25, 0.3) is 0 Å². The van der Waals surface area contributed by atoms with Gasteiger partial charge < -0.3 is 4.74 Å². The summed E-state index contributed by atoms with van der Waals surface area (Å²) in [5, 5.41) is 0. The Balaban J connectivity index is 1.52. The molecule has 0 aliphatic heterocycles. The third-order valence-electron chi connectivity index (χ3n) is 7.42. The SMILES string of the molecule is CCCCCOc1ccc(C2CCC(C3(CC=CF)CCCCC3)CC2)cc1. The summed E-state index contributed by atoms with van der Waals surface area (Å²) in [5.74, 6) is 2.47. The van der Waals surface area contributed by atoms with E-state index in [4.69, 9.17) is 4.74 Å². The number of benzene rings is 1. The van der Waals surface area contributed by atoms with Crippen molar-refractivity contribution >= 4 is 0 Å². The molecule has 0 radical (unpaired) electrons. The van der Waals surface area contributed by atoms with Crippen molar-refractivity contribution in [2.45, 2.75) is 96.3 Å². The molecule has 0 atom stereocenters. The van der Waals surface area contributed by atoms with E-state index >= 15 is 0 Å². The van der Waals surface area contributed by atoms with Crippen LogP contribution >= 0.6 is 0 Å². The number of hydrogen-bond acceptors (Lipinski definition) is 1. The van der Waals surface area contributed by atoms with Crippen molar-refractivity contribution in [2.24, 2.45) is 11.3 Å². The Hall–Kier alpha value is -1.31. The first-order chi connectivity index (χ1) is 13.8. The lowest BCUT2D eigenvalue weighted by Crippen LogP contribution is -2.35. The van der Waals surface area contributed by atoms with Crippen molar-refractivity contribution in [3.63, 3.8) is 0 Å². The molecule has 0 N–H and O–H groups in total. The maximum atomic E-state index is 12.7. The van der Waals surface area contributed by atoms with Gasteiger partial charge in [-0.05, 0) is 86.3 Å². The number of hydrogen-bond donors (Lipinski definition) is 0. The van der Waals surface area contributed by atoms with Crippen LogP contribution in [0.2, 0.25) is 0 Å². The molecular formula is C26H39FO. The molecule has 3 rings (SSSR count). The third kappa shape index (κ3) is 5.61. The molecule has 2 fully saturated rings. The molecular weight excluding hydrogens is 347 g/mol. The van der Waals surface area contributed by atoms with Crippen LogP contribution in [0.4, 0.5) is 4.39 Å². The van der Waals surface area contributed by atoms with Gasteiger partial charge in [-0.3, -0.25) is 0 Å². The molecule has 1 aromatic rings. The summed E-state index contributed by atoms with van der Waals surface area (Å²) >= 11 is 0. The van der Waals surface area contributed by atoms with Gasteiger partial charge in [0, 0.05) is 0 Å². The summed E-state index contributed by atoms with van der Waals surface area (Å²) in [7, 11) is 0. The van der Waals surface area contributed by atoms with E-state index in [0.29, 0.717) is 11.3 Å². The first kappa shape index (κ1) is 21.4. The second-order valence-electron chi connectivity index (χ2n) is 9.16. The lowest BCUT2D eigenvalue weighted by atomic mass is 9.59. The fraction of sp³-hybridized carbons (Fsp3) is 0.692. The van der Waals surface area contributed by atoms with E-state index in [0.717, 1.165) is 37.4 Å². The average Bonchev–Trinajstić information content (AvgIpc) is 2.76. The smallest absolute Gasteiger partial charge is 0.119 e. The average molecular weight is 387 g/mol.